The molecule has 5 heteroatoms. The molecule has 1 heterocycles. The summed E-state index contributed by atoms with van der Waals surface area (Å²) in [5, 5.41) is 0. The number of esters is 1. The van der Waals surface area contributed by atoms with Gasteiger partial charge in [0, 0.05) is 7.05 Å². The van der Waals surface area contributed by atoms with Crippen LogP contribution in [0.3, 0.4) is 0 Å². The summed E-state index contributed by atoms with van der Waals surface area (Å²) in [6, 6.07) is 7.44. The van der Waals surface area contributed by atoms with Crippen LogP contribution in [-0.4, -0.2) is 27.9 Å². The molecular formula is C13H14N2O3. The van der Waals surface area contributed by atoms with E-state index in [1.807, 2.05) is 24.3 Å². The van der Waals surface area contributed by atoms with Gasteiger partial charge >= 0.3 is 5.97 Å². The molecule has 0 aliphatic heterocycles. The number of imidazole rings is 1. The van der Waals surface area contributed by atoms with E-state index in [0.717, 1.165) is 11.0 Å². The van der Waals surface area contributed by atoms with Crippen LogP contribution < -0.4 is 0 Å². The lowest BCUT2D eigenvalue weighted by atomic mass is 10.3. The van der Waals surface area contributed by atoms with Gasteiger partial charge in [-0.1, -0.05) is 12.1 Å². The molecule has 0 atom stereocenters. The summed E-state index contributed by atoms with van der Waals surface area (Å²) in [6.45, 7) is 1.98. The Labute approximate surface area is 104 Å². The molecule has 0 fully saturated rings. The first-order valence-corrected chi connectivity index (χ1v) is 5.73. The Morgan fingerprint density at radius 3 is 2.72 bits per heavy atom. The fraction of sp³-hybridized carbons (Fsp3) is 0.308. The lowest BCUT2D eigenvalue weighted by molar-refractivity contribution is -0.141. The van der Waals surface area contributed by atoms with Crippen LogP contribution in [0.1, 0.15) is 24.0 Å². The largest absolute Gasteiger partial charge is 0.466 e. The number of hydrogen-bond acceptors (Lipinski definition) is 4. The molecule has 18 heavy (non-hydrogen) atoms. The Morgan fingerprint density at radius 2 is 2.06 bits per heavy atom. The van der Waals surface area contributed by atoms with Crippen molar-refractivity contribution < 1.29 is 14.3 Å². The summed E-state index contributed by atoms with van der Waals surface area (Å²) < 4.78 is 6.44. The molecule has 0 amide bonds. The first kappa shape index (κ1) is 12.3. The van der Waals surface area contributed by atoms with Gasteiger partial charge in [0.1, 0.15) is 6.42 Å². The number of carbonyl (C=O) groups excluding carboxylic acids is 2. The molecule has 0 bridgehead atoms. The maximum Gasteiger partial charge on any atom is 0.313 e. The van der Waals surface area contributed by atoms with Crippen LogP contribution in [0.5, 0.6) is 0 Å². The second-order valence-corrected chi connectivity index (χ2v) is 3.89. The second kappa shape index (κ2) is 5.00. The van der Waals surface area contributed by atoms with Crippen molar-refractivity contribution in [3.05, 3.63) is 30.1 Å². The number of benzene rings is 1. The lowest BCUT2D eigenvalue weighted by Gasteiger charge is -2.02. The second-order valence-electron chi connectivity index (χ2n) is 3.89. The number of ether oxygens (including phenoxy) is 1. The minimum Gasteiger partial charge on any atom is -0.466 e. The summed E-state index contributed by atoms with van der Waals surface area (Å²) in [6.07, 6.45) is -0.273. The predicted octanol–water partition coefficient (Wildman–Crippen LogP) is 1.71. The molecule has 0 spiro atoms. The Kier molecular flexibility index (Phi) is 3.41. The van der Waals surface area contributed by atoms with Gasteiger partial charge in [0.2, 0.25) is 5.78 Å². The van der Waals surface area contributed by atoms with E-state index in [1.165, 1.54) is 0 Å². The molecule has 2 rings (SSSR count). The van der Waals surface area contributed by atoms with Crippen molar-refractivity contribution in [2.45, 2.75) is 13.3 Å². The lowest BCUT2D eigenvalue weighted by Crippen LogP contribution is -2.14. The minimum atomic E-state index is -0.519. The Morgan fingerprint density at radius 1 is 1.33 bits per heavy atom. The van der Waals surface area contributed by atoms with Crippen LogP contribution in [0.15, 0.2) is 24.3 Å². The van der Waals surface area contributed by atoms with Crippen molar-refractivity contribution in [2.75, 3.05) is 6.61 Å². The molecule has 0 aliphatic rings. The van der Waals surface area contributed by atoms with E-state index in [2.05, 4.69) is 4.98 Å². The molecule has 0 aliphatic carbocycles. The summed E-state index contributed by atoms with van der Waals surface area (Å²) >= 11 is 0. The number of hydrogen-bond donors (Lipinski definition) is 0. The van der Waals surface area contributed by atoms with Crippen molar-refractivity contribution >= 4 is 22.8 Å². The van der Waals surface area contributed by atoms with Crippen LogP contribution in [0.25, 0.3) is 11.0 Å². The van der Waals surface area contributed by atoms with Crippen molar-refractivity contribution in [1.29, 1.82) is 0 Å². The molecule has 1 aromatic carbocycles. The Hall–Kier alpha value is -2.17. The molecule has 0 N–H and O–H groups in total. The van der Waals surface area contributed by atoms with Crippen LogP contribution in [0.2, 0.25) is 0 Å². The van der Waals surface area contributed by atoms with E-state index < -0.39 is 5.97 Å². The van der Waals surface area contributed by atoms with Gasteiger partial charge in [0.25, 0.3) is 0 Å². The van der Waals surface area contributed by atoms with E-state index in [0.29, 0.717) is 0 Å². The zero-order valence-corrected chi connectivity index (χ0v) is 10.3. The number of para-hydroxylation sites is 2. The van der Waals surface area contributed by atoms with Crippen molar-refractivity contribution in [3.63, 3.8) is 0 Å². The first-order chi connectivity index (χ1) is 8.63. The van der Waals surface area contributed by atoms with Crippen molar-refractivity contribution in [1.82, 2.24) is 9.55 Å². The number of nitrogens with zero attached hydrogens (tertiary/aromatic N) is 2. The third kappa shape index (κ3) is 2.25. The molecule has 0 saturated heterocycles. The number of aromatic nitrogens is 2. The maximum atomic E-state index is 11.9. The zero-order chi connectivity index (χ0) is 13.1. The first-order valence-electron chi connectivity index (χ1n) is 5.73. The number of Topliss-reactive ketones (excluding diaryl/α,β-unsaturated/α-hetero) is 1. The fourth-order valence-corrected chi connectivity index (χ4v) is 1.82. The number of fused-ring (bicyclic) bond motifs is 1. The predicted molar refractivity (Wildman–Crippen MR) is 66.3 cm³/mol. The third-order valence-corrected chi connectivity index (χ3v) is 2.65. The smallest absolute Gasteiger partial charge is 0.313 e. The highest BCUT2D eigenvalue weighted by Gasteiger charge is 2.18. The van der Waals surface area contributed by atoms with Gasteiger partial charge in [-0.15, -0.1) is 0 Å². The number of ketones is 1. The molecule has 0 radical (unpaired) electrons. The molecule has 1 aromatic heterocycles. The normalized spacial score (nSPS) is 10.6. The standard InChI is InChI=1S/C13H14N2O3/c1-3-18-12(17)8-11(16)13-14-9-6-4-5-7-10(9)15(13)2/h4-7H,3,8H2,1-2H3. The van der Waals surface area contributed by atoms with Gasteiger partial charge in [0.05, 0.1) is 17.6 Å². The van der Waals surface area contributed by atoms with E-state index >= 15 is 0 Å². The van der Waals surface area contributed by atoms with E-state index in [1.54, 1.807) is 18.5 Å². The van der Waals surface area contributed by atoms with Crippen LogP contribution >= 0.6 is 0 Å². The van der Waals surface area contributed by atoms with Crippen LogP contribution in [0, 0.1) is 0 Å². The summed E-state index contributed by atoms with van der Waals surface area (Å²) in [5.74, 6) is -0.564. The molecule has 0 saturated carbocycles. The topological polar surface area (TPSA) is 61.2 Å². The molecule has 94 valence electrons. The van der Waals surface area contributed by atoms with Gasteiger partial charge in [-0.05, 0) is 19.1 Å². The average molecular weight is 246 g/mol. The summed E-state index contributed by atoms with van der Waals surface area (Å²) in [7, 11) is 1.76. The molecule has 5 nitrogen and oxygen atoms in total. The van der Waals surface area contributed by atoms with E-state index in [4.69, 9.17) is 4.74 Å². The van der Waals surface area contributed by atoms with Gasteiger partial charge in [0.15, 0.2) is 5.82 Å². The molecular weight excluding hydrogens is 232 g/mol. The maximum absolute atomic E-state index is 11.9. The van der Waals surface area contributed by atoms with E-state index in [9.17, 15) is 9.59 Å². The number of rotatable bonds is 4. The highest BCUT2D eigenvalue weighted by atomic mass is 16.5. The summed E-state index contributed by atoms with van der Waals surface area (Å²) in [5.41, 5.74) is 1.61. The van der Waals surface area contributed by atoms with Crippen LogP contribution in [-0.2, 0) is 16.6 Å². The van der Waals surface area contributed by atoms with Gasteiger partial charge in [-0.2, -0.15) is 0 Å². The van der Waals surface area contributed by atoms with Gasteiger partial charge in [-0.25, -0.2) is 4.98 Å². The van der Waals surface area contributed by atoms with Crippen molar-refractivity contribution in [3.8, 4) is 0 Å². The third-order valence-electron chi connectivity index (χ3n) is 2.65. The number of aryl methyl sites for hydroxylation is 1. The van der Waals surface area contributed by atoms with Crippen molar-refractivity contribution in [2.24, 2.45) is 7.05 Å². The average Bonchev–Trinajstić information content (AvgIpc) is 2.68. The minimum absolute atomic E-state index is 0.272. The quantitative estimate of drug-likeness (QED) is 0.468. The Balaban J connectivity index is 2.28. The van der Waals surface area contributed by atoms with Crippen LogP contribution in [0.4, 0.5) is 0 Å². The monoisotopic (exact) mass is 246 g/mol. The zero-order valence-electron chi connectivity index (χ0n) is 10.3. The highest BCUT2D eigenvalue weighted by molar-refractivity contribution is 6.05. The van der Waals surface area contributed by atoms with Gasteiger partial charge in [-0.3, -0.25) is 9.59 Å². The SMILES string of the molecule is CCOC(=O)CC(=O)c1nc2ccccc2n1C. The highest BCUT2D eigenvalue weighted by Crippen LogP contribution is 2.15. The fourth-order valence-electron chi connectivity index (χ4n) is 1.82. The molecule has 0 unspecified atom stereocenters. The molecule has 2 aromatic rings. The summed E-state index contributed by atoms with van der Waals surface area (Å²) in [4.78, 5) is 27.4. The van der Waals surface area contributed by atoms with E-state index in [-0.39, 0.29) is 24.6 Å². The number of carbonyl (C=O) groups is 2. The van der Waals surface area contributed by atoms with Gasteiger partial charge < -0.3 is 9.30 Å². The Bertz CT molecular complexity index is 601.